The Balaban J connectivity index is 1.75. The molecule has 0 atom stereocenters. The lowest BCUT2D eigenvalue weighted by Crippen LogP contribution is -2.12. The molecule has 2 aromatic carbocycles. The summed E-state index contributed by atoms with van der Waals surface area (Å²) in [5.41, 5.74) is 4.87. The minimum Gasteiger partial charge on any atom is -0.490 e. The van der Waals surface area contributed by atoms with Gasteiger partial charge in [-0.05, 0) is 36.2 Å². The predicted octanol–water partition coefficient (Wildman–Crippen LogP) is 4.96. The molecule has 0 saturated carbocycles. The van der Waals surface area contributed by atoms with Gasteiger partial charge in [0.15, 0.2) is 11.5 Å². The summed E-state index contributed by atoms with van der Waals surface area (Å²) in [6, 6.07) is 8.95. The molecular formula is C18H17Cl3N4O2. The van der Waals surface area contributed by atoms with E-state index in [1.54, 1.807) is 35.5 Å². The van der Waals surface area contributed by atoms with Crippen molar-refractivity contribution in [2.75, 3.05) is 12.0 Å². The maximum atomic E-state index is 6.41. The average Bonchev–Trinajstić information content (AvgIpc) is 3.17. The molecule has 0 amide bonds. The van der Waals surface area contributed by atoms with Gasteiger partial charge in [-0.1, -0.05) is 40.9 Å². The molecule has 0 aliphatic carbocycles. The van der Waals surface area contributed by atoms with Gasteiger partial charge in [0.2, 0.25) is 0 Å². The number of hydrogen-bond donors (Lipinski definition) is 1. The van der Waals surface area contributed by atoms with Crippen LogP contribution in [-0.2, 0) is 13.2 Å². The fraction of sp³-hybridized carbons (Fsp3) is 0.222. The highest BCUT2D eigenvalue weighted by Gasteiger charge is 2.12. The third-order valence-corrected chi connectivity index (χ3v) is 4.75. The number of benzene rings is 2. The summed E-state index contributed by atoms with van der Waals surface area (Å²) in [6.07, 6.45) is 3.12. The van der Waals surface area contributed by atoms with Crippen LogP contribution >= 0.6 is 34.8 Å². The van der Waals surface area contributed by atoms with Gasteiger partial charge in [0, 0.05) is 11.1 Å². The summed E-state index contributed by atoms with van der Waals surface area (Å²) < 4.78 is 13.3. The second-order valence-corrected chi connectivity index (χ2v) is 6.79. The zero-order valence-electron chi connectivity index (χ0n) is 14.5. The minimum atomic E-state index is 0.311. The smallest absolute Gasteiger partial charge is 0.163 e. The Morgan fingerprint density at radius 2 is 1.67 bits per heavy atom. The largest absolute Gasteiger partial charge is 0.490 e. The Labute approximate surface area is 171 Å². The van der Waals surface area contributed by atoms with Gasteiger partial charge in [-0.15, -0.1) is 10.2 Å². The van der Waals surface area contributed by atoms with Crippen LogP contribution in [0.4, 0.5) is 0 Å². The number of nitrogens with one attached hydrogen (secondary N) is 1. The molecule has 1 N–H and O–H groups in total. The molecule has 0 bridgehead atoms. The van der Waals surface area contributed by atoms with Gasteiger partial charge in [0.25, 0.3) is 0 Å². The standard InChI is InChI=1S/C18H17Cl3N4O2/c1-2-26-17-6-13(8-24-25-10-22-23-11-25)15(20)7-18(17)27-9-12-3-4-14(19)16(21)5-12/h3-7,10-11,24H,2,8-9H2,1H3. The van der Waals surface area contributed by atoms with E-state index in [1.807, 2.05) is 19.1 Å². The van der Waals surface area contributed by atoms with Crippen LogP contribution in [0.5, 0.6) is 11.5 Å². The second kappa shape index (κ2) is 9.17. The maximum absolute atomic E-state index is 6.41. The van der Waals surface area contributed by atoms with Crippen LogP contribution in [0.3, 0.4) is 0 Å². The molecule has 0 fully saturated rings. The zero-order chi connectivity index (χ0) is 19.2. The van der Waals surface area contributed by atoms with Gasteiger partial charge < -0.3 is 14.9 Å². The molecule has 142 valence electrons. The molecule has 3 rings (SSSR count). The van der Waals surface area contributed by atoms with E-state index in [2.05, 4.69) is 15.6 Å². The fourth-order valence-electron chi connectivity index (χ4n) is 2.34. The van der Waals surface area contributed by atoms with Gasteiger partial charge in [0.1, 0.15) is 19.3 Å². The maximum Gasteiger partial charge on any atom is 0.163 e. The number of rotatable bonds is 8. The fourth-order valence-corrected chi connectivity index (χ4v) is 2.88. The molecule has 27 heavy (non-hydrogen) atoms. The SMILES string of the molecule is CCOc1cc(CNn2cnnc2)c(Cl)cc1OCc1ccc(Cl)c(Cl)c1. The van der Waals surface area contributed by atoms with E-state index in [1.165, 1.54) is 0 Å². The number of halogens is 3. The van der Waals surface area contributed by atoms with Crippen molar-refractivity contribution in [3.63, 3.8) is 0 Å². The highest BCUT2D eigenvalue weighted by Crippen LogP contribution is 2.34. The van der Waals surface area contributed by atoms with Crippen LogP contribution in [0.15, 0.2) is 43.0 Å². The average molecular weight is 428 g/mol. The number of ether oxygens (including phenoxy) is 2. The van der Waals surface area contributed by atoms with Crippen molar-refractivity contribution in [2.24, 2.45) is 0 Å². The molecule has 0 saturated heterocycles. The lowest BCUT2D eigenvalue weighted by atomic mass is 10.2. The number of hydrogen-bond acceptors (Lipinski definition) is 5. The van der Waals surface area contributed by atoms with Crippen molar-refractivity contribution >= 4 is 34.8 Å². The van der Waals surface area contributed by atoms with E-state index in [-0.39, 0.29) is 0 Å². The molecule has 1 heterocycles. The number of nitrogens with zero attached hydrogens (tertiary/aromatic N) is 3. The van der Waals surface area contributed by atoms with Crippen molar-refractivity contribution in [1.82, 2.24) is 14.9 Å². The molecule has 3 aromatic rings. The van der Waals surface area contributed by atoms with Gasteiger partial charge in [-0.3, -0.25) is 0 Å². The Morgan fingerprint density at radius 3 is 2.37 bits per heavy atom. The molecule has 0 spiro atoms. The third-order valence-electron chi connectivity index (χ3n) is 3.66. The van der Waals surface area contributed by atoms with E-state index in [9.17, 15) is 0 Å². The van der Waals surface area contributed by atoms with Gasteiger partial charge in [-0.25, -0.2) is 4.68 Å². The summed E-state index contributed by atoms with van der Waals surface area (Å²) in [5, 5.41) is 9.02. The van der Waals surface area contributed by atoms with Crippen LogP contribution in [0.1, 0.15) is 18.1 Å². The normalized spacial score (nSPS) is 10.7. The first kappa shape index (κ1) is 19.6. The van der Waals surface area contributed by atoms with Crippen LogP contribution < -0.4 is 14.9 Å². The summed E-state index contributed by atoms with van der Waals surface area (Å²) in [6.45, 7) is 3.20. The molecular weight excluding hydrogens is 411 g/mol. The summed E-state index contributed by atoms with van der Waals surface area (Å²) in [5.74, 6) is 1.17. The Bertz CT molecular complexity index is 904. The van der Waals surface area contributed by atoms with Crippen molar-refractivity contribution in [3.8, 4) is 11.5 Å². The summed E-state index contributed by atoms with van der Waals surface area (Å²) in [4.78, 5) is 0. The topological polar surface area (TPSA) is 61.2 Å². The highest BCUT2D eigenvalue weighted by atomic mass is 35.5. The Kier molecular flexibility index (Phi) is 6.66. The van der Waals surface area contributed by atoms with Gasteiger partial charge in [-0.2, -0.15) is 0 Å². The van der Waals surface area contributed by atoms with E-state index >= 15 is 0 Å². The van der Waals surface area contributed by atoms with Crippen molar-refractivity contribution in [3.05, 3.63) is 69.2 Å². The second-order valence-electron chi connectivity index (χ2n) is 5.56. The van der Waals surface area contributed by atoms with E-state index < -0.39 is 0 Å². The van der Waals surface area contributed by atoms with Crippen molar-refractivity contribution < 1.29 is 9.47 Å². The van der Waals surface area contributed by atoms with E-state index in [4.69, 9.17) is 44.3 Å². The molecule has 0 aliphatic rings. The first-order valence-electron chi connectivity index (χ1n) is 8.17. The van der Waals surface area contributed by atoms with Gasteiger partial charge >= 0.3 is 0 Å². The molecule has 0 aliphatic heterocycles. The zero-order valence-corrected chi connectivity index (χ0v) is 16.7. The van der Waals surface area contributed by atoms with E-state index in [0.29, 0.717) is 46.3 Å². The molecule has 0 radical (unpaired) electrons. The third kappa shape index (κ3) is 5.19. The molecule has 0 unspecified atom stereocenters. The highest BCUT2D eigenvalue weighted by molar-refractivity contribution is 6.42. The molecule has 1 aromatic heterocycles. The number of aromatic nitrogens is 3. The summed E-state index contributed by atoms with van der Waals surface area (Å²) >= 11 is 18.4. The van der Waals surface area contributed by atoms with Crippen LogP contribution in [-0.4, -0.2) is 21.5 Å². The van der Waals surface area contributed by atoms with Crippen LogP contribution in [0.25, 0.3) is 0 Å². The first-order valence-corrected chi connectivity index (χ1v) is 9.30. The lowest BCUT2D eigenvalue weighted by Gasteiger charge is -2.16. The first-order chi connectivity index (χ1) is 13.1. The van der Waals surface area contributed by atoms with Crippen molar-refractivity contribution in [2.45, 2.75) is 20.1 Å². The predicted molar refractivity (Wildman–Crippen MR) is 107 cm³/mol. The van der Waals surface area contributed by atoms with Crippen LogP contribution in [0, 0.1) is 0 Å². The summed E-state index contributed by atoms with van der Waals surface area (Å²) in [7, 11) is 0. The molecule has 9 heteroatoms. The Morgan fingerprint density at radius 1 is 0.926 bits per heavy atom. The monoisotopic (exact) mass is 426 g/mol. The van der Waals surface area contributed by atoms with Gasteiger partial charge in [0.05, 0.1) is 23.2 Å². The Hall–Kier alpha value is -2.15. The van der Waals surface area contributed by atoms with Crippen molar-refractivity contribution in [1.29, 1.82) is 0 Å². The van der Waals surface area contributed by atoms with Crippen LogP contribution in [0.2, 0.25) is 15.1 Å². The quantitative estimate of drug-likeness (QED) is 0.550. The van der Waals surface area contributed by atoms with E-state index in [0.717, 1.165) is 11.1 Å². The molecule has 6 nitrogen and oxygen atoms in total. The lowest BCUT2D eigenvalue weighted by molar-refractivity contribution is 0.269. The minimum absolute atomic E-state index is 0.311.